The van der Waals surface area contributed by atoms with Crippen LogP contribution in [0, 0.1) is 0 Å². The molecule has 0 unspecified atom stereocenters. The molecule has 0 fully saturated rings. The predicted octanol–water partition coefficient (Wildman–Crippen LogP) is 1.34. The molecular weight excluding hydrogens is 282 g/mol. The Bertz CT molecular complexity index is 487. The highest BCUT2D eigenvalue weighted by Crippen LogP contribution is 2.10. The van der Waals surface area contributed by atoms with Crippen molar-refractivity contribution < 1.29 is 14.3 Å². The van der Waals surface area contributed by atoms with Crippen molar-refractivity contribution in [1.82, 2.24) is 10.2 Å². The molecular formula is C16H25N3O3. The average molecular weight is 307 g/mol. The minimum Gasteiger partial charge on any atom is -0.383 e. The lowest BCUT2D eigenvalue weighted by Crippen LogP contribution is -2.35. The first kappa shape index (κ1) is 18.0. The van der Waals surface area contributed by atoms with Gasteiger partial charge >= 0.3 is 0 Å². The van der Waals surface area contributed by atoms with Gasteiger partial charge in [0.1, 0.15) is 0 Å². The normalized spacial score (nSPS) is 10.1. The number of nitrogens with zero attached hydrogens (tertiary/aromatic N) is 1. The summed E-state index contributed by atoms with van der Waals surface area (Å²) in [6.45, 7) is 6.45. The van der Waals surface area contributed by atoms with Gasteiger partial charge in [0.2, 0.25) is 5.91 Å². The summed E-state index contributed by atoms with van der Waals surface area (Å²) in [5, 5.41) is 5.82. The van der Waals surface area contributed by atoms with E-state index in [9.17, 15) is 9.59 Å². The first-order chi connectivity index (χ1) is 10.6. The van der Waals surface area contributed by atoms with E-state index < -0.39 is 0 Å². The van der Waals surface area contributed by atoms with Crippen LogP contribution < -0.4 is 10.6 Å². The van der Waals surface area contributed by atoms with Crippen LogP contribution >= 0.6 is 0 Å². The average Bonchev–Trinajstić information content (AvgIpc) is 2.54. The number of hydrogen-bond donors (Lipinski definition) is 2. The molecule has 122 valence electrons. The molecule has 0 aliphatic carbocycles. The molecule has 2 N–H and O–H groups in total. The summed E-state index contributed by atoms with van der Waals surface area (Å²) in [6, 6.07) is 7.09. The van der Waals surface area contributed by atoms with E-state index >= 15 is 0 Å². The second-order valence-electron chi connectivity index (χ2n) is 4.75. The number of anilines is 1. The molecule has 0 radical (unpaired) electrons. The first-order valence-corrected chi connectivity index (χ1v) is 7.51. The number of hydrogen-bond acceptors (Lipinski definition) is 4. The second kappa shape index (κ2) is 9.78. The SMILES string of the molecule is CCN(CC)C(=O)CNc1cccc(C(=O)NCCOC)c1. The highest BCUT2D eigenvalue weighted by Gasteiger charge is 2.10. The zero-order valence-electron chi connectivity index (χ0n) is 13.5. The highest BCUT2D eigenvalue weighted by molar-refractivity contribution is 5.95. The number of methoxy groups -OCH3 is 1. The maximum Gasteiger partial charge on any atom is 0.251 e. The Morgan fingerprint density at radius 3 is 2.59 bits per heavy atom. The van der Waals surface area contributed by atoms with Gasteiger partial charge in [-0.3, -0.25) is 9.59 Å². The fourth-order valence-electron chi connectivity index (χ4n) is 2.00. The van der Waals surface area contributed by atoms with Gasteiger partial charge in [-0.25, -0.2) is 0 Å². The van der Waals surface area contributed by atoms with Crippen LogP contribution in [0.3, 0.4) is 0 Å². The third-order valence-electron chi connectivity index (χ3n) is 3.28. The van der Waals surface area contributed by atoms with E-state index in [1.54, 1.807) is 30.2 Å². The van der Waals surface area contributed by atoms with Gasteiger partial charge in [-0.2, -0.15) is 0 Å². The summed E-state index contributed by atoms with van der Waals surface area (Å²) in [5.74, 6) is -0.115. The molecule has 0 atom stereocenters. The smallest absolute Gasteiger partial charge is 0.251 e. The van der Waals surface area contributed by atoms with Gasteiger partial charge in [0.05, 0.1) is 13.2 Å². The maximum absolute atomic E-state index is 11.9. The minimum absolute atomic E-state index is 0.0416. The number of ether oxygens (including phenoxy) is 1. The number of likely N-dealkylation sites (N-methyl/N-ethyl adjacent to an activating group) is 1. The lowest BCUT2D eigenvalue weighted by Gasteiger charge is -2.19. The molecule has 0 aliphatic heterocycles. The fraction of sp³-hybridized carbons (Fsp3) is 0.500. The van der Waals surface area contributed by atoms with E-state index in [0.29, 0.717) is 31.8 Å². The summed E-state index contributed by atoms with van der Waals surface area (Å²) in [4.78, 5) is 25.6. The van der Waals surface area contributed by atoms with Gasteiger partial charge in [-0.15, -0.1) is 0 Å². The monoisotopic (exact) mass is 307 g/mol. The van der Waals surface area contributed by atoms with Gasteiger partial charge in [-0.05, 0) is 32.0 Å². The van der Waals surface area contributed by atoms with Gasteiger partial charge < -0.3 is 20.3 Å². The van der Waals surface area contributed by atoms with Crippen molar-refractivity contribution >= 4 is 17.5 Å². The Balaban J connectivity index is 2.57. The quantitative estimate of drug-likeness (QED) is 0.676. The molecule has 0 aliphatic rings. The molecule has 1 rings (SSSR count). The molecule has 22 heavy (non-hydrogen) atoms. The largest absolute Gasteiger partial charge is 0.383 e. The summed E-state index contributed by atoms with van der Waals surface area (Å²) in [5.41, 5.74) is 1.30. The summed E-state index contributed by atoms with van der Waals surface area (Å²) in [7, 11) is 1.59. The van der Waals surface area contributed by atoms with E-state index in [0.717, 1.165) is 5.69 Å². The van der Waals surface area contributed by atoms with Crippen LogP contribution in [0.2, 0.25) is 0 Å². The Hall–Kier alpha value is -2.08. The lowest BCUT2D eigenvalue weighted by atomic mass is 10.2. The predicted molar refractivity (Wildman–Crippen MR) is 87.1 cm³/mol. The van der Waals surface area contributed by atoms with E-state index in [1.165, 1.54) is 0 Å². The molecule has 2 amide bonds. The Kier molecular flexibility index (Phi) is 7.99. The van der Waals surface area contributed by atoms with Crippen LogP contribution in [0.1, 0.15) is 24.2 Å². The van der Waals surface area contributed by atoms with E-state index in [4.69, 9.17) is 4.74 Å². The van der Waals surface area contributed by atoms with Gasteiger partial charge in [0, 0.05) is 38.0 Å². The van der Waals surface area contributed by atoms with Crippen molar-refractivity contribution in [2.24, 2.45) is 0 Å². The second-order valence-corrected chi connectivity index (χ2v) is 4.75. The molecule has 0 bridgehead atoms. The number of nitrogens with one attached hydrogen (secondary N) is 2. The number of carbonyl (C=O) groups is 2. The molecule has 0 saturated carbocycles. The van der Waals surface area contributed by atoms with E-state index in [1.807, 2.05) is 19.9 Å². The topological polar surface area (TPSA) is 70.7 Å². The molecule has 6 nitrogen and oxygen atoms in total. The molecule has 0 saturated heterocycles. The third kappa shape index (κ3) is 5.73. The lowest BCUT2D eigenvalue weighted by molar-refractivity contribution is -0.128. The molecule has 0 spiro atoms. The Labute approximate surface area is 131 Å². The van der Waals surface area contributed by atoms with Gasteiger partial charge in [-0.1, -0.05) is 6.07 Å². The summed E-state index contributed by atoms with van der Waals surface area (Å²) in [6.07, 6.45) is 0. The van der Waals surface area contributed by atoms with Crippen molar-refractivity contribution in [3.8, 4) is 0 Å². The standard InChI is InChI=1S/C16H25N3O3/c1-4-19(5-2)15(20)12-18-14-8-6-7-13(11-14)16(21)17-9-10-22-3/h6-8,11,18H,4-5,9-10,12H2,1-3H3,(H,17,21). The van der Waals surface area contributed by atoms with Crippen molar-refractivity contribution in [2.75, 3.05) is 45.2 Å². The van der Waals surface area contributed by atoms with Crippen LogP contribution in [-0.2, 0) is 9.53 Å². The molecule has 1 aromatic carbocycles. The van der Waals surface area contributed by atoms with E-state index in [-0.39, 0.29) is 18.4 Å². The van der Waals surface area contributed by atoms with Crippen molar-refractivity contribution in [3.05, 3.63) is 29.8 Å². The van der Waals surface area contributed by atoms with Crippen molar-refractivity contribution in [3.63, 3.8) is 0 Å². The molecule has 0 aromatic heterocycles. The summed E-state index contributed by atoms with van der Waals surface area (Å²) < 4.78 is 4.89. The van der Waals surface area contributed by atoms with Crippen molar-refractivity contribution in [2.45, 2.75) is 13.8 Å². The zero-order valence-corrected chi connectivity index (χ0v) is 13.5. The maximum atomic E-state index is 11.9. The van der Waals surface area contributed by atoms with Crippen molar-refractivity contribution in [1.29, 1.82) is 0 Å². The fourth-order valence-corrected chi connectivity index (χ4v) is 2.00. The number of rotatable bonds is 9. The van der Waals surface area contributed by atoms with Crippen LogP contribution in [0.25, 0.3) is 0 Å². The highest BCUT2D eigenvalue weighted by atomic mass is 16.5. The van der Waals surface area contributed by atoms with E-state index in [2.05, 4.69) is 10.6 Å². The Morgan fingerprint density at radius 1 is 1.23 bits per heavy atom. The van der Waals surface area contributed by atoms with Gasteiger partial charge in [0.15, 0.2) is 0 Å². The van der Waals surface area contributed by atoms with Crippen LogP contribution in [-0.4, -0.2) is 56.6 Å². The van der Waals surface area contributed by atoms with Crippen LogP contribution in [0.5, 0.6) is 0 Å². The van der Waals surface area contributed by atoms with Gasteiger partial charge in [0.25, 0.3) is 5.91 Å². The number of carbonyl (C=O) groups excluding carboxylic acids is 2. The Morgan fingerprint density at radius 2 is 1.95 bits per heavy atom. The van der Waals surface area contributed by atoms with Crippen LogP contribution in [0.4, 0.5) is 5.69 Å². The molecule has 6 heteroatoms. The number of benzene rings is 1. The molecule has 0 heterocycles. The third-order valence-corrected chi connectivity index (χ3v) is 3.28. The minimum atomic E-state index is -0.157. The summed E-state index contributed by atoms with van der Waals surface area (Å²) >= 11 is 0. The first-order valence-electron chi connectivity index (χ1n) is 7.51. The molecule has 1 aromatic rings. The van der Waals surface area contributed by atoms with Crippen LogP contribution in [0.15, 0.2) is 24.3 Å². The zero-order chi connectivity index (χ0) is 16.4. The number of amides is 2.